The van der Waals surface area contributed by atoms with Crippen LogP contribution in [0.5, 0.6) is 0 Å². The third-order valence-electron chi connectivity index (χ3n) is 4.25. The molecule has 1 saturated heterocycles. The number of aliphatic imine (C=N–C) groups is 1. The van der Waals surface area contributed by atoms with Gasteiger partial charge in [-0.15, -0.1) is 24.0 Å². The fourth-order valence-electron chi connectivity index (χ4n) is 2.86. The zero-order valence-corrected chi connectivity index (χ0v) is 19.1. The largest absolute Gasteiger partial charge is 0.467 e. The third kappa shape index (κ3) is 9.13. The van der Waals surface area contributed by atoms with Gasteiger partial charge in [-0.1, -0.05) is 0 Å². The van der Waals surface area contributed by atoms with Crippen LogP contribution < -0.4 is 10.6 Å². The van der Waals surface area contributed by atoms with Crippen LogP contribution in [0, 0.1) is 0 Å². The Morgan fingerprint density at radius 3 is 2.79 bits per heavy atom. The van der Waals surface area contributed by atoms with Crippen molar-refractivity contribution in [2.24, 2.45) is 4.99 Å². The molecule has 28 heavy (non-hydrogen) atoms. The van der Waals surface area contributed by atoms with Crippen LogP contribution in [0.15, 0.2) is 27.8 Å². The topological polar surface area (TPSA) is 88.3 Å². The van der Waals surface area contributed by atoms with E-state index >= 15 is 0 Å². The van der Waals surface area contributed by atoms with Crippen molar-refractivity contribution in [1.29, 1.82) is 0 Å². The number of carbonyl (C=O) groups excluding carboxylic acids is 1. The molecule has 8 nitrogen and oxygen atoms in total. The Labute approximate surface area is 184 Å². The van der Waals surface area contributed by atoms with Crippen molar-refractivity contribution < 1.29 is 18.7 Å². The molecule has 2 N–H and O–H groups in total. The maximum atomic E-state index is 11.8. The highest BCUT2D eigenvalue weighted by Gasteiger charge is 2.23. The van der Waals surface area contributed by atoms with Crippen molar-refractivity contribution in [1.82, 2.24) is 15.5 Å². The molecule has 1 aromatic heterocycles. The Bertz CT molecular complexity index is 560. The first-order chi connectivity index (χ1) is 13.2. The molecule has 0 spiro atoms. The monoisotopic (exact) mass is 508 g/mol. The van der Waals surface area contributed by atoms with E-state index in [1.807, 2.05) is 26.0 Å². The number of piperidine rings is 1. The molecule has 1 aliphatic rings. The lowest BCUT2D eigenvalue weighted by molar-refractivity contribution is 0.0963. The first kappa shape index (κ1) is 24.5. The molecule has 0 aromatic carbocycles. The molecule has 2 rings (SSSR count). The Morgan fingerprint density at radius 2 is 2.14 bits per heavy atom. The Hall–Kier alpha value is -1.49. The van der Waals surface area contributed by atoms with E-state index in [0.29, 0.717) is 45.5 Å². The summed E-state index contributed by atoms with van der Waals surface area (Å²) in [5.41, 5.74) is 0. The minimum atomic E-state index is -0.217. The van der Waals surface area contributed by atoms with Crippen molar-refractivity contribution in [3.05, 3.63) is 24.2 Å². The lowest BCUT2D eigenvalue weighted by Crippen LogP contribution is -2.49. The number of likely N-dealkylation sites (tertiary alicyclic amines) is 1. The minimum Gasteiger partial charge on any atom is -0.467 e. The average Bonchev–Trinajstić information content (AvgIpc) is 3.19. The fraction of sp³-hybridized carbons (Fsp3) is 0.684. The normalized spacial score (nSPS) is 15.1. The highest BCUT2D eigenvalue weighted by molar-refractivity contribution is 14.0. The summed E-state index contributed by atoms with van der Waals surface area (Å²) >= 11 is 0. The minimum absolute atomic E-state index is 0. The fourth-order valence-corrected chi connectivity index (χ4v) is 2.86. The first-order valence-corrected chi connectivity index (χ1v) is 9.79. The summed E-state index contributed by atoms with van der Waals surface area (Å²) in [5, 5.41) is 6.74. The molecule has 9 heteroatoms. The lowest BCUT2D eigenvalue weighted by atomic mass is 10.1. The molecule has 0 aliphatic carbocycles. The van der Waals surface area contributed by atoms with Crippen LogP contribution in [0.25, 0.3) is 0 Å². The van der Waals surface area contributed by atoms with Crippen LogP contribution in [-0.4, -0.2) is 62.4 Å². The van der Waals surface area contributed by atoms with E-state index in [9.17, 15) is 4.79 Å². The zero-order valence-electron chi connectivity index (χ0n) is 16.8. The lowest BCUT2D eigenvalue weighted by Gasteiger charge is -2.32. The van der Waals surface area contributed by atoms with Gasteiger partial charge in [0.2, 0.25) is 0 Å². The van der Waals surface area contributed by atoms with E-state index in [0.717, 1.165) is 37.5 Å². The van der Waals surface area contributed by atoms with Gasteiger partial charge in [0.1, 0.15) is 12.4 Å². The van der Waals surface area contributed by atoms with Crippen molar-refractivity contribution in [3.8, 4) is 0 Å². The van der Waals surface area contributed by atoms with Crippen molar-refractivity contribution >= 4 is 36.0 Å². The summed E-state index contributed by atoms with van der Waals surface area (Å²) in [6, 6.07) is 4.07. The standard InChI is InChI=1S/C19H32N4O4.HI/c1-3-20-18(21-10-6-13-25-15-17-7-5-14-27-17)22-16-8-11-23(12-9-16)19(24)26-4-2;/h5,7,14,16H,3-4,6,8-13,15H2,1-2H3,(H2,20,21,22);1H. The number of hydrogen-bond donors (Lipinski definition) is 2. The van der Waals surface area contributed by atoms with E-state index in [1.54, 1.807) is 11.2 Å². The molecule has 1 aromatic rings. The molecule has 1 amide bonds. The Kier molecular flexibility index (Phi) is 12.7. The number of furan rings is 1. The molecule has 0 unspecified atom stereocenters. The van der Waals surface area contributed by atoms with Gasteiger partial charge in [0.05, 0.1) is 12.9 Å². The molecule has 0 bridgehead atoms. The smallest absolute Gasteiger partial charge is 0.409 e. The second-order valence-electron chi connectivity index (χ2n) is 6.35. The number of amides is 1. The van der Waals surface area contributed by atoms with Crippen LogP contribution in [0.3, 0.4) is 0 Å². The first-order valence-electron chi connectivity index (χ1n) is 9.79. The van der Waals surface area contributed by atoms with Crippen LogP contribution in [0.4, 0.5) is 4.79 Å². The number of nitrogens with one attached hydrogen (secondary N) is 2. The van der Waals surface area contributed by atoms with Crippen molar-refractivity contribution in [3.63, 3.8) is 0 Å². The summed E-state index contributed by atoms with van der Waals surface area (Å²) < 4.78 is 15.9. The van der Waals surface area contributed by atoms with E-state index in [-0.39, 0.29) is 30.1 Å². The van der Waals surface area contributed by atoms with E-state index < -0.39 is 0 Å². The Morgan fingerprint density at radius 1 is 1.36 bits per heavy atom. The molecule has 160 valence electrons. The summed E-state index contributed by atoms with van der Waals surface area (Å²) in [6.07, 6.45) is 4.05. The number of halogens is 1. The number of hydrogen-bond acceptors (Lipinski definition) is 5. The van der Waals surface area contributed by atoms with Crippen molar-refractivity contribution in [2.75, 3.05) is 39.4 Å². The number of rotatable bonds is 9. The van der Waals surface area contributed by atoms with E-state index in [2.05, 4.69) is 15.6 Å². The predicted molar refractivity (Wildman–Crippen MR) is 119 cm³/mol. The van der Waals surface area contributed by atoms with Gasteiger partial charge in [-0.3, -0.25) is 4.99 Å². The van der Waals surface area contributed by atoms with Crippen molar-refractivity contribution in [2.45, 2.75) is 45.8 Å². The Balaban J connectivity index is 0.00000392. The SMILES string of the molecule is CCNC(=NCCCOCc1ccco1)NC1CCN(C(=O)OCC)CC1.I. The molecule has 1 fully saturated rings. The van der Waals surface area contributed by atoms with Crippen LogP contribution in [0.1, 0.15) is 38.9 Å². The van der Waals surface area contributed by atoms with Gasteiger partial charge in [0.15, 0.2) is 5.96 Å². The van der Waals surface area contributed by atoms with E-state index in [1.165, 1.54) is 0 Å². The zero-order chi connectivity index (χ0) is 19.3. The van der Waals surface area contributed by atoms with Gasteiger partial charge in [-0.05, 0) is 45.2 Å². The number of carbonyl (C=O) groups is 1. The average molecular weight is 508 g/mol. The van der Waals surface area contributed by atoms with Gasteiger partial charge in [-0.2, -0.15) is 0 Å². The summed E-state index contributed by atoms with van der Waals surface area (Å²) in [6.45, 7) is 8.33. The summed E-state index contributed by atoms with van der Waals surface area (Å²) in [5.74, 6) is 1.65. The summed E-state index contributed by atoms with van der Waals surface area (Å²) in [4.78, 5) is 18.1. The number of guanidine groups is 1. The highest BCUT2D eigenvalue weighted by Crippen LogP contribution is 2.11. The van der Waals surface area contributed by atoms with Crippen LogP contribution >= 0.6 is 24.0 Å². The van der Waals surface area contributed by atoms with E-state index in [4.69, 9.17) is 13.9 Å². The van der Waals surface area contributed by atoms with Crippen LogP contribution in [-0.2, 0) is 16.1 Å². The molecular weight excluding hydrogens is 475 g/mol. The number of nitrogens with zero attached hydrogens (tertiary/aromatic N) is 2. The maximum Gasteiger partial charge on any atom is 0.409 e. The van der Waals surface area contributed by atoms with Gasteiger partial charge in [0, 0.05) is 38.8 Å². The van der Waals surface area contributed by atoms with Gasteiger partial charge in [0.25, 0.3) is 0 Å². The summed E-state index contributed by atoms with van der Waals surface area (Å²) in [7, 11) is 0. The van der Waals surface area contributed by atoms with Gasteiger partial charge >= 0.3 is 6.09 Å². The van der Waals surface area contributed by atoms with Gasteiger partial charge < -0.3 is 29.4 Å². The van der Waals surface area contributed by atoms with Crippen LogP contribution in [0.2, 0.25) is 0 Å². The van der Waals surface area contributed by atoms with Gasteiger partial charge in [-0.25, -0.2) is 4.79 Å². The highest BCUT2D eigenvalue weighted by atomic mass is 127. The molecule has 1 aliphatic heterocycles. The second kappa shape index (κ2) is 14.5. The third-order valence-corrected chi connectivity index (χ3v) is 4.25. The predicted octanol–water partition coefficient (Wildman–Crippen LogP) is 2.98. The quantitative estimate of drug-likeness (QED) is 0.231. The maximum absolute atomic E-state index is 11.8. The molecule has 0 atom stereocenters. The molecule has 2 heterocycles. The number of ether oxygens (including phenoxy) is 2. The molecule has 0 saturated carbocycles. The molecule has 0 radical (unpaired) electrons. The second-order valence-corrected chi connectivity index (χ2v) is 6.35. The molecular formula is C19H33IN4O4.